The van der Waals surface area contributed by atoms with Crippen LogP contribution in [0.25, 0.3) is 5.57 Å². The first-order chi connectivity index (χ1) is 13.3. The van der Waals surface area contributed by atoms with Crippen LogP contribution in [0.4, 0.5) is 5.69 Å². The van der Waals surface area contributed by atoms with E-state index in [1.54, 1.807) is 6.92 Å². The fraction of sp³-hybridized carbons (Fsp3) is 0.167. The number of benzene rings is 2. The number of amides is 1. The number of allylic oxidation sites excluding steroid dienone is 5. The molecule has 1 aliphatic heterocycles. The van der Waals surface area contributed by atoms with Crippen LogP contribution in [0.1, 0.15) is 23.6 Å². The second-order valence-corrected chi connectivity index (χ2v) is 12.4. The van der Waals surface area contributed by atoms with Crippen molar-refractivity contribution in [1.82, 2.24) is 0 Å². The molecular formula is C24H25N2OSi+. The SMILES string of the molecule is CC(=O)Nc1ccc2c(c1)[Si](C)(C)C1=CC(=[NH2+])C=CC1=C2c1ccccc1C. The minimum Gasteiger partial charge on any atom is -0.326 e. The molecule has 140 valence electrons. The van der Waals surface area contributed by atoms with E-state index in [0.717, 1.165) is 11.4 Å². The summed E-state index contributed by atoms with van der Waals surface area (Å²) in [6.07, 6.45) is 6.32. The Balaban J connectivity index is 2.06. The Bertz CT molecular complexity index is 1120. The molecule has 4 heteroatoms. The number of anilines is 1. The Labute approximate surface area is 167 Å². The van der Waals surface area contributed by atoms with Crippen molar-refractivity contribution in [2.75, 3.05) is 5.32 Å². The van der Waals surface area contributed by atoms with Crippen molar-refractivity contribution in [2.45, 2.75) is 26.9 Å². The van der Waals surface area contributed by atoms with Crippen molar-refractivity contribution in [2.24, 2.45) is 0 Å². The van der Waals surface area contributed by atoms with E-state index in [-0.39, 0.29) is 5.91 Å². The highest BCUT2D eigenvalue weighted by molar-refractivity contribution is 6.98. The lowest BCUT2D eigenvalue weighted by atomic mass is 9.87. The molecule has 0 radical (unpaired) electrons. The van der Waals surface area contributed by atoms with Crippen molar-refractivity contribution in [3.05, 3.63) is 88.2 Å². The van der Waals surface area contributed by atoms with E-state index in [9.17, 15) is 4.79 Å². The van der Waals surface area contributed by atoms with Crippen molar-refractivity contribution in [3.8, 4) is 0 Å². The molecule has 3 nitrogen and oxygen atoms in total. The van der Waals surface area contributed by atoms with E-state index in [1.807, 2.05) is 12.1 Å². The molecule has 0 saturated carbocycles. The molecule has 1 amide bonds. The molecule has 0 unspecified atom stereocenters. The van der Waals surface area contributed by atoms with Crippen LogP contribution in [0.3, 0.4) is 0 Å². The monoisotopic (exact) mass is 385 g/mol. The van der Waals surface area contributed by atoms with E-state index in [1.165, 1.54) is 38.2 Å². The van der Waals surface area contributed by atoms with Gasteiger partial charge in [0.15, 0.2) is 5.71 Å². The van der Waals surface area contributed by atoms with E-state index < -0.39 is 8.07 Å². The van der Waals surface area contributed by atoms with Crippen LogP contribution in [0.2, 0.25) is 13.1 Å². The third kappa shape index (κ3) is 2.90. The highest BCUT2D eigenvalue weighted by Crippen LogP contribution is 2.42. The Morgan fingerprint density at radius 1 is 1.04 bits per heavy atom. The summed E-state index contributed by atoms with van der Waals surface area (Å²) >= 11 is 0. The molecule has 0 fully saturated rings. The summed E-state index contributed by atoms with van der Waals surface area (Å²) in [6, 6.07) is 14.8. The highest BCUT2D eigenvalue weighted by atomic mass is 28.3. The molecule has 1 heterocycles. The van der Waals surface area contributed by atoms with Crippen LogP contribution in [0.15, 0.2) is 71.5 Å². The van der Waals surface area contributed by atoms with E-state index >= 15 is 0 Å². The first kappa shape index (κ1) is 18.4. The minimum atomic E-state index is -1.99. The van der Waals surface area contributed by atoms with Gasteiger partial charge in [-0.25, -0.2) is 0 Å². The third-order valence-electron chi connectivity index (χ3n) is 5.68. The number of hydrogen-bond donors (Lipinski definition) is 2. The number of nitrogens with one attached hydrogen (secondary N) is 1. The van der Waals surface area contributed by atoms with E-state index in [4.69, 9.17) is 5.41 Å². The molecule has 3 N–H and O–H groups in total. The lowest BCUT2D eigenvalue weighted by molar-refractivity contribution is -0.114. The fourth-order valence-corrected chi connectivity index (χ4v) is 7.39. The van der Waals surface area contributed by atoms with Gasteiger partial charge in [0.25, 0.3) is 0 Å². The van der Waals surface area contributed by atoms with Crippen LogP contribution in [0.5, 0.6) is 0 Å². The van der Waals surface area contributed by atoms with Crippen molar-refractivity contribution < 1.29 is 10.2 Å². The maximum atomic E-state index is 11.6. The van der Waals surface area contributed by atoms with Gasteiger partial charge in [-0.1, -0.05) is 43.4 Å². The Morgan fingerprint density at radius 2 is 1.79 bits per heavy atom. The first-order valence-corrected chi connectivity index (χ1v) is 12.5. The number of rotatable bonds is 2. The normalized spacial score (nSPS) is 17.0. The van der Waals surface area contributed by atoms with Gasteiger partial charge in [-0.3, -0.25) is 10.2 Å². The van der Waals surface area contributed by atoms with Crippen LogP contribution >= 0.6 is 0 Å². The molecule has 28 heavy (non-hydrogen) atoms. The average molecular weight is 386 g/mol. The van der Waals surface area contributed by atoms with Crippen LogP contribution in [0, 0.1) is 6.92 Å². The Kier molecular flexibility index (Phi) is 4.31. The van der Waals surface area contributed by atoms with Gasteiger partial charge in [-0.2, -0.15) is 0 Å². The quantitative estimate of drug-likeness (QED) is 0.768. The molecule has 2 aliphatic rings. The number of aryl methyl sites for hydroxylation is 1. The molecule has 2 aromatic rings. The maximum Gasteiger partial charge on any atom is 0.221 e. The van der Waals surface area contributed by atoms with E-state index in [0.29, 0.717) is 0 Å². The number of nitrogens with two attached hydrogens (primary N) is 1. The lowest BCUT2D eigenvalue weighted by Crippen LogP contribution is -2.50. The van der Waals surface area contributed by atoms with Crippen LogP contribution < -0.4 is 15.9 Å². The smallest absolute Gasteiger partial charge is 0.221 e. The zero-order valence-corrected chi connectivity index (χ0v) is 17.8. The molecule has 0 aromatic heterocycles. The first-order valence-electron chi connectivity index (χ1n) is 9.55. The summed E-state index contributed by atoms with van der Waals surface area (Å²) in [5.74, 6) is -0.0528. The zero-order valence-electron chi connectivity index (χ0n) is 16.8. The second-order valence-electron chi connectivity index (χ2n) is 8.06. The number of hydrogen-bond acceptors (Lipinski definition) is 1. The summed E-state index contributed by atoms with van der Waals surface area (Å²) in [5, 5.41) is 11.8. The van der Waals surface area contributed by atoms with Crippen LogP contribution in [-0.2, 0) is 4.79 Å². The Hall–Kier alpha value is -2.98. The molecule has 0 saturated heterocycles. The highest BCUT2D eigenvalue weighted by Gasteiger charge is 2.40. The number of fused-ring (bicyclic) bond motifs is 2. The fourth-order valence-electron chi connectivity index (χ4n) is 4.29. The van der Waals surface area contributed by atoms with Gasteiger partial charge in [0, 0.05) is 24.8 Å². The molecule has 0 atom stereocenters. The van der Waals surface area contributed by atoms with Gasteiger partial charge in [0.2, 0.25) is 5.91 Å². The zero-order chi connectivity index (χ0) is 20.1. The van der Waals surface area contributed by atoms with Crippen molar-refractivity contribution in [1.29, 1.82) is 0 Å². The standard InChI is InChI=1S/C24H24N2OSi/c1-15-7-5-6-8-19(15)24-20-11-9-17(25)13-22(20)28(3,4)23-14-18(26-16(2)27)10-12-21(23)24/h5-14,25H,1-4H3,(H,26,27)/p+1. The maximum absolute atomic E-state index is 11.6. The topological polar surface area (TPSA) is 54.7 Å². The minimum absolute atomic E-state index is 0.0528. The Morgan fingerprint density at radius 3 is 2.50 bits per heavy atom. The third-order valence-corrected chi connectivity index (χ3v) is 9.20. The summed E-state index contributed by atoms with van der Waals surface area (Å²) in [7, 11) is -1.99. The molecule has 2 aromatic carbocycles. The van der Waals surface area contributed by atoms with Gasteiger partial charge in [0.1, 0.15) is 8.07 Å². The number of carbonyl (C=O) groups is 1. The van der Waals surface area contributed by atoms with Crippen LogP contribution in [-0.4, -0.2) is 19.7 Å². The van der Waals surface area contributed by atoms with Gasteiger partial charge in [-0.15, -0.1) is 0 Å². The summed E-state index contributed by atoms with van der Waals surface area (Å²) < 4.78 is 0. The summed E-state index contributed by atoms with van der Waals surface area (Å²) in [4.78, 5) is 11.6. The molecule has 1 aliphatic carbocycles. The van der Waals surface area contributed by atoms with Crippen molar-refractivity contribution in [3.63, 3.8) is 0 Å². The summed E-state index contributed by atoms with van der Waals surface area (Å²) in [5.41, 5.74) is 7.93. The average Bonchev–Trinajstić information content (AvgIpc) is 2.64. The van der Waals surface area contributed by atoms with E-state index in [2.05, 4.69) is 73.9 Å². The predicted molar refractivity (Wildman–Crippen MR) is 119 cm³/mol. The van der Waals surface area contributed by atoms with Gasteiger partial charge in [-0.05, 0) is 63.4 Å². The van der Waals surface area contributed by atoms with Gasteiger partial charge < -0.3 is 5.32 Å². The molecule has 0 bridgehead atoms. The second kappa shape index (κ2) is 6.57. The molecule has 0 spiro atoms. The largest absolute Gasteiger partial charge is 0.326 e. The van der Waals surface area contributed by atoms with Gasteiger partial charge in [0.05, 0.1) is 0 Å². The number of carbonyl (C=O) groups excluding carboxylic acids is 1. The van der Waals surface area contributed by atoms with Gasteiger partial charge >= 0.3 is 0 Å². The molecule has 4 rings (SSSR count). The predicted octanol–water partition coefficient (Wildman–Crippen LogP) is 2.92. The lowest BCUT2D eigenvalue weighted by Gasteiger charge is -2.38. The molecular weight excluding hydrogens is 360 g/mol. The summed E-state index contributed by atoms with van der Waals surface area (Å²) in [6.45, 7) is 8.41. The van der Waals surface area contributed by atoms with Crippen molar-refractivity contribution >= 4 is 36.1 Å².